The third-order valence-corrected chi connectivity index (χ3v) is 3.07. The fourth-order valence-electron chi connectivity index (χ4n) is 1.23. The van der Waals surface area contributed by atoms with E-state index in [1.54, 1.807) is 24.3 Å². The predicted octanol–water partition coefficient (Wildman–Crippen LogP) is 3.32. The first-order chi connectivity index (χ1) is 7.54. The SMILES string of the molecule is O=C1NC(=O)/C(=C\c2cc(Cl)cc(Cl)c2)S1. The van der Waals surface area contributed by atoms with E-state index in [1.807, 2.05) is 0 Å². The molecule has 0 radical (unpaired) electrons. The van der Waals surface area contributed by atoms with Crippen LogP contribution >= 0.6 is 35.0 Å². The van der Waals surface area contributed by atoms with Gasteiger partial charge in [-0.1, -0.05) is 23.2 Å². The number of imide groups is 1. The van der Waals surface area contributed by atoms with Crippen LogP contribution in [0.3, 0.4) is 0 Å². The van der Waals surface area contributed by atoms with Crippen LogP contribution in [0.15, 0.2) is 23.1 Å². The molecule has 1 heterocycles. The van der Waals surface area contributed by atoms with Gasteiger partial charge in [0.25, 0.3) is 11.1 Å². The summed E-state index contributed by atoms with van der Waals surface area (Å²) in [5, 5.41) is 2.76. The summed E-state index contributed by atoms with van der Waals surface area (Å²) in [5.74, 6) is -0.397. The lowest BCUT2D eigenvalue weighted by Gasteiger charge is -1.98. The fraction of sp³-hybridized carbons (Fsp3) is 0. The smallest absolute Gasteiger partial charge is 0.282 e. The Hall–Kier alpha value is -0.970. The lowest BCUT2D eigenvalue weighted by Crippen LogP contribution is -2.17. The third-order valence-electron chi connectivity index (χ3n) is 1.82. The summed E-state index contributed by atoms with van der Waals surface area (Å²) in [6, 6.07) is 4.92. The number of halogens is 2. The zero-order valence-corrected chi connectivity index (χ0v) is 10.1. The maximum absolute atomic E-state index is 11.3. The van der Waals surface area contributed by atoms with Gasteiger partial charge in [-0.3, -0.25) is 14.9 Å². The van der Waals surface area contributed by atoms with E-state index in [9.17, 15) is 9.59 Å². The topological polar surface area (TPSA) is 46.2 Å². The predicted molar refractivity (Wildman–Crippen MR) is 65.6 cm³/mol. The Morgan fingerprint density at radius 2 is 1.75 bits per heavy atom. The highest BCUT2D eigenvalue weighted by Gasteiger charge is 2.24. The van der Waals surface area contributed by atoms with Crippen molar-refractivity contribution >= 4 is 52.2 Å². The molecule has 1 aromatic carbocycles. The van der Waals surface area contributed by atoms with Crippen LogP contribution in [0.1, 0.15) is 5.56 Å². The summed E-state index contributed by atoms with van der Waals surface area (Å²) in [6.45, 7) is 0. The summed E-state index contributed by atoms with van der Waals surface area (Å²) >= 11 is 12.5. The molecule has 0 bridgehead atoms. The van der Waals surface area contributed by atoms with Crippen LogP contribution in [0.4, 0.5) is 4.79 Å². The number of carbonyl (C=O) groups is 2. The second-order valence-corrected chi connectivity index (χ2v) is 4.94. The normalized spacial score (nSPS) is 18.0. The van der Waals surface area contributed by atoms with Gasteiger partial charge in [0, 0.05) is 10.0 Å². The summed E-state index contributed by atoms with van der Waals surface area (Å²) in [7, 11) is 0. The van der Waals surface area contributed by atoms with E-state index in [2.05, 4.69) is 5.32 Å². The van der Waals surface area contributed by atoms with Gasteiger partial charge >= 0.3 is 0 Å². The van der Waals surface area contributed by atoms with Crippen LogP contribution in [0, 0.1) is 0 Å². The molecule has 1 saturated heterocycles. The van der Waals surface area contributed by atoms with Crippen molar-refractivity contribution in [2.75, 3.05) is 0 Å². The second-order valence-electron chi connectivity index (χ2n) is 3.06. The first-order valence-corrected chi connectivity index (χ1v) is 5.83. The molecular formula is C10H5Cl2NO2S. The number of benzene rings is 1. The van der Waals surface area contributed by atoms with Gasteiger partial charge in [-0.2, -0.15) is 0 Å². The maximum Gasteiger partial charge on any atom is 0.290 e. The molecule has 0 aliphatic carbocycles. The van der Waals surface area contributed by atoms with Crippen LogP contribution in [0.2, 0.25) is 10.0 Å². The van der Waals surface area contributed by atoms with Crippen molar-refractivity contribution in [2.24, 2.45) is 0 Å². The number of hydrogen-bond donors (Lipinski definition) is 1. The molecule has 2 rings (SSSR count). The molecule has 3 nitrogen and oxygen atoms in total. The van der Waals surface area contributed by atoms with Gasteiger partial charge in [0.2, 0.25) is 0 Å². The van der Waals surface area contributed by atoms with Gasteiger partial charge in [0.1, 0.15) is 0 Å². The molecule has 2 amide bonds. The van der Waals surface area contributed by atoms with Crippen LogP contribution in [-0.2, 0) is 4.79 Å². The van der Waals surface area contributed by atoms with Crippen molar-refractivity contribution < 1.29 is 9.59 Å². The minimum Gasteiger partial charge on any atom is -0.282 e. The molecule has 0 saturated carbocycles. The van der Waals surface area contributed by atoms with Crippen molar-refractivity contribution in [3.63, 3.8) is 0 Å². The molecule has 0 atom stereocenters. The lowest BCUT2D eigenvalue weighted by atomic mass is 10.2. The molecule has 1 fully saturated rings. The van der Waals surface area contributed by atoms with E-state index in [-0.39, 0.29) is 5.24 Å². The lowest BCUT2D eigenvalue weighted by molar-refractivity contribution is -0.115. The molecule has 0 spiro atoms. The van der Waals surface area contributed by atoms with E-state index in [4.69, 9.17) is 23.2 Å². The highest BCUT2D eigenvalue weighted by molar-refractivity contribution is 8.18. The van der Waals surface area contributed by atoms with E-state index >= 15 is 0 Å². The number of hydrogen-bond acceptors (Lipinski definition) is 3. The van der Waals surface area contributed by atoms with E-state index in [0.717, 1.165) is 11.8 Å². The number of amides is 2. The molecule has 1 aromatic rings. The van der Waals surface area contributed by atoms with Crippen LogP contribution in [-0.4, -0.2) is 11.1 Å². The van der Waals surface area contributed by atoms with Gasteiger partial charge in [0.15, 0.2) is 0 Å². The molecule has 0 unspecified atom stereocenters. The third kappa shape index (κ3) is 2.58. The molecular weight excluding hydrogens is 269 g/mol. The Labute approximate surface area is 106 Å². The van der Waals surface area contributed by atoms with Crippen molar-refractivity contribution in [3.05, 3.63) is 38.7 Å². The van der Waals surface area contributed by atoms with Crippen molar-refractivity contribution in [1.29, 1.82) is 0 Å². The zero-order valence-electron chi connectivity index (χ0n) is 7.79. The van der Waals surface area contributed by atoms with E-state index in [1.165, 1.54) is 0 Å². The van der Waals surface area contributed by atoms with Gasteiger partial charge < -0.3 is 0 Å². The average Bonchev–Trinajstić information content (AvgIpc) is 2.43. The van der Waals surface area contributed by atoms with Crippen molar-refractivity contribution in [3.8, 4) is 0 Å². The summed E-state index contributed by atoms with van der Waals surface area (Å²) < 4.78 is 0. The Kier molecular flexibility index (Phi) is 3.23. The first kappa shape index (κ1) is 11.5. The van der Waals surface area contributed by atoms with Crippen molar-refractivity contribution in [2.45, 2.75) is 0 Å². The second kappa shape index (κ2) is 4.49. The summed E-state index contributed by atoms with van der Waals surface area (Å²) in [4.78, 5) is 22.5. The molecule has 0 aromatic heterocycles. The van der Waals surface area contributed by atoms with Gasteiger partial charge in [0.05, 0.1) is 4.91 Å². The quantitative estimate of drug-likeness (QED) is 0.799. The van der Waals surface area contributed by atoms with Gasteiger partial charge in [-0.15, -0.1) is 0 Å². The van der Waals surface area contributed by atoms with Gasteiger partial charge in [-0.05, 0) is 41.6 Å². The van der Waals surface area contributed by atoms with Crippen LogP contribution in [0.25, 0.3) is 6.08 Å². The fourth-order valence-corrected chi connectivity index (χ4v) is 2.46. The Morgan fingerprint density at radius 3 is 2.25 bits per heavy atom. The standard InChI is InChI=1S/C10H5Cl2NO2S/c11-6-1-5(2-7(12)4-6)3-8-9(14)13-10(15)16-8/h1-4H,(H,13,14,15)/b8-3+. The molecule has 1 aliphatic heterocycles. The van der Waals surface area contributed by atoms with Crippen molar-refractivity contribution in [1.82, 2.24) is 5.32 Å². The Bertz CT molecular complexity index is 493. The Balaban J connectivity index is 2.36. The molecule has 1 aliphatic rings. The Morgan fingerprint density at radius 1 is 1.12 bits per heavy atom. The minimum absolute atomic E-state index is 0.336. The number of carbonyl (C=O) groups excluding carboxylic acids is 2. The highest BCUT2D eigenvalue weighted by Crippen LogP contribution is 2.27. The summed E-state index contributed by atoms with van der Waals surface area (Å²) in [6.07, 6.45) is 1.57. The zero-order chi connectivity index (χ0) is 11.7. The monoisotopic (exact) mass is 273 g/mol. The first-order valence-electron chi connectivity index (χ1n) is 4.25. The molecule has 82 valence electrons. The largest absolute Gasteiger partial charge is 0.290 e. The van der Waals surface area contributed by atoms with E-state index in [0.29, 0.717) is 20.5 Å². The minimum atomic E-state index is -0.397. The van der Waals surface area contributed by atoms with E-state index < -0.39 is 5.91 Å². The number of thioether (sulfide) groups is 1. The van der Waals surface area contributed by atoms with Crippen LogP contribution in [0.5, 0.6) is 0 Å². The maximum atomic E-state index is 11.3. The van der Waals surface area contributed by atoms with Crippen LogP contribution < -0.4 is 5.32 Å². The molecule has 6 heteroatoms. The summed E-state index contributed by atoms with van der Waals surface area (Å²) in [5.41, 5.74) is 0.685. The number of nitrogens with one attached hydrogen (secondary N) is 1. The molecule has 16 heavy (non-hydrogen) atoms. The average molecular weight is 274 g/mol. The highest BCUT2D eigenvalue weighted by atomic mass is 35.5. The van der Waals surface area contributed by atoms with Gasteiger partial charge in [-0.25, -0.2) is 0 Å². The number of rotatable bonds is 1. The molecule has 1 N–H and O–H groups in total.